The van der Waals surface area contributed by atoms with Crippen molar-refractivity contribution in [1.82, 2.24) is 15.1 Å². The molecule has 250 valence electrons. The summed E-state index contributed by atoms with van der Waals surface area (Å²) >= 11 is 0. The molecule has 0 unspecified atom stereocenters. The van der Waals surface area contributed by atoms with Crippen LogP contribution in [0.15, 0.2) is 72.8 Å². The normalized spacial score (nSPS) is 23.6. The van der Waals surface area contributed by atoms with Crippen LogP contribution in [0.4, 0.5) is 0 Å². The molecular weight excluding hydrogens is 594 g/mol. The second-order valence-corrected chi connectivity index (χ2v) is 13.1. The van der Waals surface area contributed by atoms with Crippen molar-refractivity contribution >= 4 is 11.9 Å². The average molecular weight is 642 g/mol. The highest BCUT2D eigenvalue weighted by atomic mass is 16.7. The minimum atomic E-state index is -0.983. The fourth-order valence-corrected chi connectivity index (χ4v) is 7.14. The van der Waals surface area contributed by atoms with E-state index in [0.29, 0.717) is 12.6 Å². The van der Waals surface area contributed by atoms with Gasteiger partial charge in [0.25, 0.3) is 0 Å². The van der Waals surface area contributed by atoms with Crippen LogP contribution >= 0.6 is 0 Å². The molecule has 0 bridgehead atoms. The zero-order valence-electron chi connectivity index (χ0n) is 27.1. The number of aliphatic hydroxyl groups excluding tert-OH is 1. The van der Waals surface area contributed by atoms with E-state index < -0.39 is 12.3 Å². The van der Waals surface area contributed by atoms with E-state index in [9.17, 15) is 14.7 Å². The van der Waals surface area contributed by atoms with Crippen LogP contribution in [-0.2, 0) is 32.2 Å². The third-order valence-corrected chi connectivity index (χ3v) is 9.69. The first-order chi connectivity index (χ1) is 22.9. The minimum absolute atomic E-state index is 0.00664. The van der Waals surface area contributed by atoms with Gasteiger partial charge in [0.2, 0.25) is 5.91 Å². The lowest BCUT2D eigenvalue weighted by Crippen LogP contribution is -2.45. The molecule has 0 saturated carbocycles. The Hall–Kier alpha value is -3.60. The van der Waals surface area contributed by atoms with Gasteiger partial charge in [-0.3, -0.25) is 14.5 Å². The first-order valence-electron chi connectivity index (χ1n) is 17.1. The number of nitrogens with one attached hydrogen (secondary N) is 1. The number of ether oxygens (including phenoxy) is 2. The van der Waals surface area contributed by atoms with Crippen molar-refractivity contribution in [3.05, 3.63) is 95.1 Å². The Labute approximate surface area is 277 Å². The molecule has 3 aliphatic rings. The topological polar surface area (TPSA) is 112 Å². The number of aliphatic carboxylic acids is 1. The Balaban J connectivity index is 1.18. The first kappa shape index (κ1) is 33.3. The van der Waals surface area contributed by atoms with Gasteiger partial charge in [-0.05, 0) is 85.3 Å². The number of carboxylic acid groups (broad SMARTS) is 1. The molecule has 4 atom stereocenters. The number of carbonyl (C=O) groups excluding carboxylic acids is 1. The van der Waals surface area contributed by atoms with E-state index in [2.05, 4.69) is 45.4 Å². The van der Waals surface area contributed by atoms with E-state index in [1.807, 2.05) is 42.5 Å². The summed E-state index contributed by atoms with van der Waals surface area (Å²) in [5.41, 5.74) is 5.88. The number of nitrogens with zero attached hydrogens (tertiary/aromatic N) is 2. The van der Waals surface area contributed by atoms with Gasteiger partial charge in [0, 0.05) is 44.1 Å². The van der Waals surface area contributed by atoms with Gasteiger partial charge in [-0.1, -0.05) is 60.7 Å². The number of aliphatic hydroxyl groups is 1. The molecule has 3 aromatic carbocycles. The van der Waals surface area contributed by atoms with Crippen molar-refractivity contribution in [1.29, 1.82) is 0 Å². The Morgan fingerprint density at radius 1 is 0.809 bits per heavy atom. The van der Waals surface area contributed by atoms with Crippen LogP contribution in [0.2, 0.25) is 0 Å². The minimum Gasteiger partial charge on any atom is -0.481 e. The van der Waals surface area contributed by atoms with Crippen LogP contribution in [-0.4, -0.2) is 76.8 Å². The van der Waals surface area contributed by atoms with Gasteiger partial charge in [0.1, 0.15) is 0 Å². The number of hydrogen-bond acceptors (Lipinski definition) is 7. The molecule has 6 rings (SSSR count). The zero-order valence-corrected chi connectivity index (χ0v) is 27.1. The van der Waals surface area contributed by atoms with Crippen molar-refractivity contribution in [2.24, 2.45) is 0 Å². The van der Waals surface area contributed by atoms with Crippen molar-refractivity contribution in [3.8, 4) is 11.1 Å². The Kier molecular flexibility index (Phi) is 11.3. The number of hydrogen-bond donors (Lipinski definition) is 3. The van der Waals surface area contributed by atoms with E-state index in [1.165, 1.54) is 38.8 Å². The molecule has 3 aliphatic heterocycles. The third kappa shape index (κ3) is 9.06. The Bertz CT molecular complexity index is 1490. The standard InChI is InChI=1S/C38H47N3O6/c42-26-27-11-13-29(14-12-27)35-22-34(25-41-19-5-10-33(41)24-40-17-1-2-18-40)46-38(47-35)32-9-4-8-31(21-32)30-7-3-6-28(20-30)23-39-36(43)15-16-37(44)45/h3-4,6-9,11-14,20-21,33-35,38,42H,1-2,5,10,15-19,22-26H2,(H,39,43)(H,44,45)/t33-,34+,35-,38-/m0/s1. The number of rotatable bonds is 13. The maximum absolute atomic E-state index is 12.1. The quantitative estimate of drug-likeness (QED) is 0.227. The molecule has 3 aromatic rings. The summed E-state index contributed by atoms with van der Waals surface area (Å²) < 4.78 is 13.4. The molecule has 3 N–H and O–H groups in total. The van der Waals surface area contributed by atoms with E-state index >= 15 is 0 Å². The van der Waals surface area contributed by atoms with Crippen LogP contribution in [0.3, 0.4) is 0 Å². The number of carboxylic acids is 1. The first-order valence-corrected chi connectivity index (χ1v) is 17.1. The summed E-state index contributed by atoms with van der Waals surface area (Å²) in [6, 6.07) is 24.9. The van der Waals surface area contributed by atoms with E-state index in [1.54, 1.807) is 0 Å². The highest BCUT2D eigenvalue weighted by Crippen LogP contribution is 2.39. The summed E-state index contributed by atoms with van der Waals surface area (Å²) in [5.74, 6) is -1.26. The lowest BCUT2D eigenvalue weighted by atomic mass is 9.98. The van der Waals surface area contributed by atoms with E-state index in [4.69, 9.17) is 14.6 Å². The summed E-state index contributed by atoms with van der Waals surface area (Å²) in [6.45, 7) is 5.90. The molecule has 9 heteroatoms. The number of likely N-dealkylation sites (tertiary alicyclic amines) is 2. The predicted molar refractivity (Wildman–Crippen MR) is 179 cm³/mol. The lowest BCUT2D eigenvalue weighted by Gasteiger charge is -2.39. The summed E-state index contributed by atoms with van der Waals surface area (Å²) in [7, 11) is 0. The van der Waals surface area contributed by atoms with Crippen LogP contribution < -0.4 is 5.32 Å². The summed E-state index contributed by atoms with van der Waals surface area (Å²) in [5, 5.41) is 21.3. The molecule has 3 heterocycles. The fourth-order valence-electron chi connectivity index (χ4n) is 7.14. The van der Waals surface area contributed by atoms with Crippen LogP contribution in [0.25, 0.3) is 11.1 Å². The summed E-state index contributed by atoms with van der Waals surface area (Å²) in [6.07, 6.45) is 4.96. The Morgan fingerprint density at radius 3 is 2.34 bits per heavy atom. The molecule has 0 spiro atoms. The van der Waals surface area contributed by atoms with Crippen molar-refractivity contribution < 1.29 is 29.3 Å². The van der Waals surface area contributed by atoms with Gasteiger partial charge < -0.3 is 29.9 Å². The van der Waals surface area contributed by atoms with Gasteiger partial charge in [-0.15, -0.1) is 0 Å². The maximum Gasteiger partial charge on any atom is 0.303 e. The Morgan fingerprint density at radius 2 is 1.57 bits per heavy atom. The maximum atomic E-state index is 12.1. The summed E-state index contributed by atoms with van der Waals surface area (Å²) in [4.78, 5) is 28.1. The van der Waals surface area contributed by atoms with Gasteiger partial charge in [0.05, 0.1) is 25.2 Å². The molecule has 9 nitrogen and oxygen atoms in total. The number of amides is 1. The molecule has 0 aliphatic carbocycles. The third-order valence-electron chi connectivity index (χ3n) is 9.69. The van der Waals surface area contributed by atoms with Crippen LogP contribution in [0, 0.1) is 0 Å². The largest absolute Gasteiger partial charge is 0.481 e. The second-order valence-electron chi connectivity index (χ2n) is 13.1. The fraction of sp³-hybridized carbons (Fsp3) is 0.474. The van der Waals surface area contributed by atoms with Gasteiger partial charge >= 0.3 is 5.97 Å². The van der Waals surface area contributed by atoms with E-state index in [-0.39, 0.29) is 37.6 Å². The zero-order chi connectivity index (χ0) is 32.6. The van der Waals surface area contributed by atoms with Gasteiger partial charge in [-0.25, -0.2) is 0 Å². The van der Waals surface area contributed by atoms with Crippen LogP contribution in [0.5, 0.6) is 0 Å². The lowest BCUT2D eigenvalue weighted by molar-refractivity contribution is -0.253. The van der Waals surface area contributed by atoms with Crippen molar-refractivity contribution in [2.45, 2.75) is 82.6 Å². The highest BCUT2D eigenvalue weighted by molar-refractivity contribution is 5.80. The monoisotopic (exact) mass is 641 g/mol. The molecule has 0 radical (unpaired) electrons. The molecule has 0 aromatic heterocycles. The molecule has 3 saturated heterocycles. The molecular formula is C38H47N3O6. The highest BCUT2D eigenvalue weighted by Gasteiger charge is 2.36. The second kappa shape index (κ2) is 16.0. The van der Waals surface area contributed by atoms with Crippen molar-refractivity contribution in [3.63, 3.8) is 0 Å². The molecule has 47 heavy (non-hydrogen) atoms. The van der Waals surface area contributed by atoms with Crippen LogP contribution in [0.1, 0.15) is 79.6 Å². The number of carbonyl (C=O) groups is 2. The average Bonchev–Trinajstić information content (AvgIpc) is 3.79. The van der Waals surface area contributed by atoms with Crippen molar-refractivity contribution in [2.75, 3.05) is 32.7 Å². The SMILES string of the molecule is O=C(O)CCC(=O)NCc1cccc(-c2cccc([C@H]3O[C@@H](CN4CCC[C@H]4CN4CCCC4)C[C@@H](c4ccc(CO)cc4)O3)c2)c1. The predicted octanol–water partition coefficient (Wildman–Crippen LogP) is 5.43. The molecule has 1 amide bonds. The number of benzene rings is 3. The smallest absolute Gasteiger partial charge is 0.303 e. The van der Waals surface area contributed by atoms with Gasteiger partial charge in [0.15, 0.2) is 6.29 Å². The van der Waals surface area contributed by atoms with E-state index in [0.717, 1.165) is 59.4 Å². The van der Waals surface area contributed by atoms with Gasteiger partial charge in [-0.2, -0.15) is 0 Å². The molecule has 3 fully saturated rings.